The van der Waals surface area contributed by atoms with E-state index in [2.05, 4.69) is 26.8 Å². The molecule has 0 radical (unpaired) electrons. The smallest absolute Gasteiger partial charge is 0.00847 e. The van der Waals surface area contributed by atoms with Crippen LogP contribution in [0, 0.1) is 10.8 Å². The maximum absolute atomic E-state index is 2.43. The quantitative estimate of drug-likeness (QED) is 0.433. The van der Waals surface area contributed by atoms with Crippen LogP contribution < -0.4 is 0 Å². The van der Waals surface area contributed by atoms with Gasteiger partial charge in [-0.15, -0.1) is 0 Å². The summed E-state index contributed by atoms with van der Waals surface area (Å²) in [5.41, 5.74) is 2.89. The number of allylic oxidation sites excluding steroid dienone is 2. The van der Waals surface area contributed by atoms with E-state index in [0.717, 1.165) is 0 Å². The van der Waals surface area contributed by atoms with E-state index in [-0.39, 0.29) is 0 Å². The van der Waals surface area contributed by atoms with Crippen molar-refractivity contribution in [3.05, 3.63) is 11.6 Å². The van der Waals surface area contributed by atoms with E-state index in [1.165, 1.54) is 12.8 Å². The summed E-state index contributed by atoms with van der Waals surface area (Å²) in [7, 11) is 0. The lowest BCUT2D eigenvalue weighted by Gasteiger charge is -2.51. The van der Waals surface area contributed by atoms with Crippen LogP contribution in [0.4, 0.5) is 0 Å². The van der Waals surface area contributed by atoms with Crippen LogP contribution in [0.15, 0.2) is 11.6 Å². The van der Waals surface area contributed by atoms with Gasteiger partial charge in [-0.25, -0.2) is 0 Å². The van der Waals surface area contributed by atoms with Crippen LogP contribution in [-0.4, -0.2) is 0 Å². The van der Waals surface area contributed by atoms with Gasteiger partial charge in [0.2, 0.25) is 0 Å². The fourth-order valence-electron chi connectivity index (χ4n) is 2.15. The van der Waals surface area contributed by atoms with Gasteiger partial charge in [0, 0.05) is 0 Å². The zero-order valence-corrected chi connectivity index (χ0v) is 6.49. The normalized spacial score (nSPS) is 44.1. The summed E-state index contributed by atoms with van der Waals surface area (Å²) in [6, 6.07) is 0. The molecule has 0 saturated heterocycles. The Morgan fingerprint density at radius 3 is 2.11 bits per heavy atom. The lowest BCUT2D eigenvalue weighted by atomic mass is 9.53. The molecular formula is C9H14. The molecule has 0 nitrogen and oxygen atoms in total. The van der Waals surface area contributed by atoms with Crippen molar-refractivity contribution < 1.29 is 0 Å². The first-order valence-corrected chi connectivity index (χ1v) is 3.76. The van der Waals surface area contributed by atoms with Gasteiger partial charge < -0.3 is 0 Å². The Morgan fingerprint density at radius 1 is 1.33 bits per heavy atom. The Balaban J connectivity index is 2.42. The maximum atomic E-state index is 2.43. The van der Waals surface area contributed by atoms with Crippen molar-refractivity contribution in [2.24, 2.45) is 10.8 Å². The van der Waals surface area contributed by atoms with E-state index in [1.54, 1.807) is 5.57 Å². The summed E-state index contributed by atoms with van der Waals surface area (Å²) in [6.45, 7) is 7.14. The number of hydrogen-bond acceptors (Lipinski definition) is 0. The van der Waals surface area contributed by atoms with Crippen molar-refractivity contribution in [1.82, 2.24) is 0 Å². The average Bonchev–Trinajstić information content (AvgIpc) is 2.21. The fourth-order valence-corrected chi connectivity index (χ4v) is 2.15. The van der Waals surface area contributed by atoms with Crippen molar-refractivity contribution in [3.63, 3.8) is 0 Å². The third-order valence-electron chi connectivity index (χ3n) is 3.69. The van der Waals surface area contributed by atoms with Gasteiger partial charge in [-0.1, -0.05) is 32.4 Å². The zero-order valence-electron chi connectivity index (χ0n) is 6.49. The first kappa shape index (κ1) is 5.52. The molecule has 3 aliphatic carbocycles. The molecule has 0 amide bonds. The van der Waals surface area contributed by atoms with Crippen molar-refractivity contribution >= 4 is 0 Å². The Bertz CT molecular complexity index is 182. The highest BCUT2D eigenvalue weighted by atomic mass is 14.6. The SMILES string of the molecule is CC12CC=C(C1)C2(C)C. The van der Waals surface area contributed by atoms with E-state index < -0.39 is 0 Å². The van der Waals surface area contributed by atoms with Gasteiger partial charge in [0.15, 0.2) is 0 Å². The molecule has 0 aromatic rings. The minimum Gasteiger partial charge on any atom is -0.0842 e. The first-order valence-electron chi connectivity index (χ1n) is 3.76. The average molecular weight is 122 g/mol. The minimum atomic E-state index is 0.549. The topological polar surface area (TPSA) is 0 Å². The second-order valence-corrected chi connectivity index (χ2v) is 4.30. The van der Waals surface area contributed by atoms with Gasteiger partial charge in [-0.3, -0.25) is 0 Å². The third-order valence-corrected chi connectivity index (χ3v) is 3.69. The van der Waals surface area contributed by atoms with Gasteiger partial charge in [-0.2, -0.15) is 0 Å². The molecule has 0 N–H and O–H groups in total. The maximum Gasteiger partial charge on any atom is -0.00847 e. The zero-order chi connectivity index (χ0) is 6.70. The highest BCUT2D eigenvalue weighted by molar-refractivity contribution is 5.36. The highest BCUT2D eigenvalue weighted by Crippen LogP contribution is 2.66. The van der Waals surface area contributed by atoms with Gasteiger partial charge in [0.25, 0.3) is 0 Å². The van der Waals surface area contributed by atoms with Crippen LogP contribution in [0.2, 0.25) is 0 Å². The van der Waals surface area contributed by atoms with Crippen LogP contribution in [0.3, 0.4) is 0 Å². The molecule has 0 aromatic carbocycles. The molecule has 0 aromatic heterocycles. The summed E-state index contributed by atoms with van der Waals surface area (Å²) in [6.07, 6.45) is 5.13. The van der Waals surface area contributed by atoms with Crippen molar-refractivity contribution in [2.45, 2.75) is 33.6 Å². The van der Waals surface area contributed by atoms with Crippen LogP contribution in [0.25, 0.3) is 0 Å². The highest BCUT2D eigenvalue weighted by Gasteiger charge is 2.56. The third kappa shape index (κ3) is 0.385. The lowest BCUT2D eigenvalue weighted by Crippen LogP contribution is -2.42. The molecule has 3 aliphatic rings. The van der Waals surface area contributed by atoms with E-state index in [0.29, 0.717) is 10.8 Å². The van der Waals surface area contributed by atoms with Gasteiger partial charge >= 0.3 is 0 Å². The Kier molecular flexibility index (Phi) is 0.685. The summed E-state index contributed by atoms with van der Waals surface area (Å²) < 4.78 is 0. The summed E-state index contributed by atoms with van der Waals surface area (Å²) >= 11 is 0. The predicted octanol–water partition coefficient (Wildman–Crippen LogP) is 2.75. The van der Waals surface area contributed by atoms with E-state index in [4.69, 9.17) is 0 Å². The van der Waals surface area contributed by atoms with Gasteiger partial charge in [0.05, 0.1) is 0 Å². The second kappa shape index (κ2) is 1.12. The van der Waals surface area contributed by atoms with Crippen LogP contribution in [0.5, 0.6) is 0 Å². The Hall–Kier alpha value is -0.260. The van der Waals surface area contributed by atoms with Crippen LogP contribution >= 0.6 is 0 Å². The Morgan fingerprint density at radius 2 is 2.00 bits per heavy atom. The molecule has 1 fully saturated rings. The van der Waals surface area contributed by atoms with Crippen molar-refractivity contribution in [3.8, 4) is 0 Å². The van der Waals surface area contributed by atoms with Gasteiger partial charge in [0.1, 0.15) is 0 Å². The van der Waals surface area contributed by atoms with Crippen molar-refractivity contribution in [1.29, 1.82) is 0 Å². The van der Waals surface area contributed by atoms with E-state index in [9.17, 15) is 0 Å². The molecule has 1 unspecified atom stereocenters. The predicted molar refractivity (Wildman–Crippen MR) is 39.2 cm³/mol. The molecular weight excluding hydrogens is 108 g/mol. The second-order valence-electron chi connectivity index (χ2n) is 4.30. The minimum absolute atomic E-state index is 0.549. The Labute approximate surface area is 57.0 Å². The molecule has 2 bridgehead atoms. The molecule has 50 valence electrons. The standard InChI is InChI=1S/C9H14/c1-8(2)7-4-5-9(8,3)6-7/h4H,5-6H2,1-3H3. The van der Waals surface area contributed by atoms with Crippen LogP contribution in [0.1, 0.15) is 33.6 Å². The van der Waals surface area contributed by atoms with Gasteiger partial charge in [-0.05, 0) is 23.7 Å². The molecule has 1 atom stereocenters. The molecule has 1 saturated carbocycles. The monoisotopic (exact) mass is 122 g/mol. The van der Waals surface area contributed by atoms with E-state index in [1.807, 2.05) is 0 Å². The molecule has 9 heavy (non-hydrogen) atoms. The fraction of sp³-hybridized carbons (Fsp3) is 0.778. The van der Waals surface area contributed by atoms with Crippen LogP contribution in [-0.2, 0) is 0 Å². The molecule has 3 rings (SSSR count). The molecule has 0 heteroatoms. The lowest BCUT2D eigenvalue weighted by molar-refractivity contribution is 0.0735. The summed E-state index contributed by atoms with van der Waals surface area (Å²) in [4.78, 5) is 0. The van der Waals surface area contributed by atoms with E-state index >= 15 is 0 Å². The molecule has 0 aliphatic heterocycles. The first-order chi connectivity index (χ1) is 4.06. The van der Waals surface area contributed by atoms with Crippen molar-refractivity contribution in [2.75, 3.05) is 0 Å². The summed E-state index contributed by atoms with van der Waals surface area (Å²) in [5, 5.41) is 0. The molecule has 0 heterocycles. The summed E-state index contributed by atoms with van der Waals surface area (Å²) in [5.74, 6) is 0. The number of hydrogen-bond donors (Lipinski definition) is 0. The largest absolute Gasteiger partial charge is 0.0842 e. The number of rotatable bonds is 0. The molecule has 0 spiro atoms. The number of fused-ring (bicyclic) bond motifs is 1.